The van der Waals surface area contributed by atoms with Gasteiger partial charge in [0.25, 0.3) is 0 Å². The van der Waals surface area contributed by atoms with E-state index in [0.717, 1.165) is 6.54 Å². The molecule has 78 valence electrons. The van der Waals surface area contributed by atoms with Gasteiger partial charge in [0.1, 0.15) is 0 Å². The Bertz CT molecular complexity index is 305. The second-order valence-corrected chi connectivity index (χ2v) is 3.04. The van der Waals surface area contributed by atoms with Crippen molar-refractivity contribution in [1.82, 2.24) is 10.3 Å². The van der Waals surface area contributed by atoms with Crippen LogP contribution < -0.4 is 5.32 Å². The van der Waals surface area contributed by atoms with E-state index in [4.69, 9.17) is 0 Å². The second kappa shape index (κ2) is 7.71. The number of pyridine rings is 1. The molecule has 0 amide bonds. The first kappa shape index (κ1) is 11.4. The molecule has 0 saturated carbocycles. The number of nitrogens with zero attached hydrogens (tertiary/aromatic N) is 1. The van der Waals surface area contributed by atoms with Gasteiger partial charge in [-0.2, -0.15) is 0 Å². The standard InChI is InChI=1S/C8H11N.C5H5N/c1-9-7-8-5-3-2-4-6-8;1-2-4-6-5-3-1/h2-6,9H,7H2,1H3;1-5H. The highest BCUT2D eigenvalue weighted by atomic mass is 14.8. The van der Waals surface area contributed by atoms with E-state index in [2.05, 4.69) is 22.4 Å². The number of benzene rings is 1. The van der Waals surface area contributed by atoms with E-state index in [0.29, 0.717) is 0 Å². The van der Waals surface area contributed by atoms with Crippen molar-refractivity contribution < 1.29 is 0 Å². The molecule has 0 aliphatic heterocycles. The molecular formula is C13H16N2. The fourth-order valence-corrected chi connectivity index (χ4v) is 1.11. The van der Waals surface area contributed by atoms with Crippen molar-refractivity contribution in [3.05, 3.63) is 66.5 Å². The highest BCUT2D eigenvalue weighted by molar-refractivity contribution is 5.13. The predicted molar refractivity (Wildman–Crippen MR) is 63.4 cm³/mol. The van der Waals surface area contributed by atoms with Crippen LogP contribution in [0, 0.1) is 0 Å². The highest BCUT2D eigenvalue weighted by Gasteiger charge is 1.83. The van der Waals surface area contributed by atoms with Gasteiger partial charge in [-0.25, -0.2) is 0 Å². The molecule has 0 fully saturated rings. The summed E-state index contributed by atoms with van der Waals surface area (Å²) in [6.07, 6.45) is 3.50. The normalized spacial score (nSPS) is 8.87. The van der Waals surface area contributed by atoms with Crippen LogP contribution >= 0.6 is 0 Å². The zero-order chi connectivity index (χ0) is 10.8. The summed E-state index contributed by atoms with van der Waals surface area (Å²) in [6, 6.07) is 16.1. The molecule has 0 aliphatic carbocycles. The summed E-state index contributed by atoms with van der Waals surface area (Å²) in [6.45, 7) is 0.959. The zero-order valence-electron chi connectivity index (χ0n) is 8.93. The van der Waals surface area contributed by atoms with Crippen LogP contribution in [0.25, 0.3) is 0 Å². The van der Waals surface area contributed by atoms with Crippen molar-refractivity contribution in [3.63, 3.8) is 0 Å². The van der Waals surface area contributed by atoms with Gasteiger partial charge >= 0.3 is 0 Å². The zero-order valence-corrected chi connectivity index (χ0v) is 8.93. The van der Waals surface area contributed by atoms with Gasteiger partial charge in [0, 0.05) is 18.9 Å². The van der Waals surface area contributed by atoms with Crippen LogP contribution in [-0.4, -0.2) is 12.0 Å². The van der Waals surface area contributed by atoms with Crippen LogP contribution in [0.3, 0.4) is 0 Å². The van der Waals surface area contributed by atoms with Gasteiger partial charge in [-0.3, -0.25) is 4.98 Å². The lowest BCUT2D eigenvalue weighted by atomic mass is 10.2. The van der Waals surface area contributed by atoms with Crippen LogP contribution in [0.4, 0.5) is 0 Å². The lowest BCUT2D eigenvalue weighted by Crippen LogP contribution is -2.04. The molecule has 2 rings (SSSR count). The lowest BCUT2D eigenvalue weighted by molar-refractivity contribution is 0.818. The largest absolute Gasteiger partial charge is 0.316 e. The van der Waals surface area contributed by atoms with E-state index in [1.54, 1.807) is 12.4 Å². The van der Waals surface area contributed by atoms with E-state index in [1.807, 2.05) is 43.4 Å². The molecule has 1 aromatic heterocycles. The number of hydrogen-bond donors (Lipinski definition) is 1. The quantitative estimate of drug-likeness (QED) is 0.805. The van der Waals surface area contributed by atoms with Gasteiger partial charge in [-0.05, 0) is 24.7 Å². The fourth-order valence-electron chi connectivity index (χ4n) is 1.11. The lowest BCUT2D eigenvalue weighted by Gasteiger charge is -1.95. The predicted octanol–water partition coefficient (Wildman–Crippen LogP) is 2.49. The third-order valence-electron chi connectivity index (χ3n) is 1.79. The molecule has 0 bridgehead atoms. The van der Waals surface area contributed by atoms with E-state index in [-0.39, 0.29) is 0 Å². The van der Waals surface area contributed by atoms with E-state index >= 15 is 0 Å². The Kier molecular flexibility index (Phi) is 5.86. The number of nitrogens with one attached hydrogen (secondary N) is 1. The molecule has 2 heteroatoms. The monoisotopic (exact) mass is 200 g/mol. The summed E-state index contributed by atoms with van der Waals surface area (Å²) in [5.74, 6) is 0. The Morgan fingerprint density at radius 1 is 0.933 bits per heavy atom. The van der Waals surface area contributed by atoms with E-state index in [1.165, 1.54) is 5.56 Å². The van der Waals surface area contributed by atoms with Crippen molar-refractivity contribution in [3.8, 4) is 0 Å². The average molecular weight is 200 g/mol. The molecule has 1 N–H and O–H groups in total. The van der Waals surface area contributed by atoms with Crippen LogP contribution in [0.5, 0.6) is 0 Å². The molecule has 0 radical (unpaired) electrons. The molecule has 1 aromatic carbocycles. The summed E-state index contributed by atoms with van der Waals surface area (Å²) in [5.41, 5.74) is 1.33. The maximum absolute atomic E-state index is 3.78. The molecule has 2 nitrogen and oxygen atoms in total. The fraction of sp³-hybridized carbons (Fsp3) is 0.154. The molecule has 2 aromatic rings. The average Bonchev–Trinajstić information content (AvgIpc) is 2.34. The van der Waals surface area contributed by atoms with Gasteiger partial charge in [0.15, 0.2) is 0 Å². The Balaban J connectivity index is 0.000000162. The van der Waals surface area contributed by atoms with E-state index < -0.39 is 0 Å². The van der Waals surface area contributed by atoms with Gasteiger partial charge in [-0.15, -0.1) is 0 Å². The topological polar surface area (TPSA) is 24.9 Å². The van der Waals surface area contributed by atoms with E-state index in [9.17, 15) is 0 Å². The van der Waals surface area contributed by atoms with Gasteiger partial charge in [0.05, 0.1) is 0 Å². The maximum atomic E-state index is 3.78. The third-order valence-corrected chi connectivity index (χ3v) is 1.79. The van der Waals surface area contributed by atoms with Gasteiger partial charge in [-0.1, -0.05) is 36.4 Å². The Morgan fingerprint density at radius 2 is 1.53 bits per heavy atom. The van der Waals surface area contributed by atoms with Crippen LogP contribution in [0.15, 0.2) is 60.9 Å². The number of hydrogen-bond acceptors (Lipinski definition) is 2. The van der Waals surface area contributed by atoms with Crippen molar-refractivity contribution in [2.45, 2.75) is 6.54 Å². The van der Waals surface area contributed by atoms with Crippen molar-refractivity contribution in [2.75, 3.05) is 7.05 Å². The highest BCUT2D eigenvalue weighted by Crippen LogP contribution is 1.95. The van der Waals surface area contributed by atoms with Crippen LogP contribution in [-0.2, 0) is 6.54 Å². The summed E-state index contributed by atoms with van der Waals surface area (Å²) in [5, 5.41) is 3.08. The first-order chi connectivity index (χ1) is 7.43. The van der Waals surface area contributed by atoms with Crippen molar-refractivity contribution in [1.29, 1.82) is 0 Å². The summed E-state index contributed by atoms with van der Waals surface area (Å²) >= 11 is 0. The summed E-state index contributed by atoms with van der Waals surface area (Å²) in [7, 11) is 1.95. The molecule has 0 saturated heterocycles. The minimum absolute atomic E-state index is 0.959. The third kappa shape index (κ3) is 5.60. The Hall–Kier alpha value is -1.67. The van der Waals surface area contributed by atoms with Gasteiger partial charge < -0.3 is 5.32 Å². The summed E-state index contributed by atoms with van der Waals surface area (Å²) < 4.78 is 0. The van der Waals surface area contributed by atoms with Crippen molar-refractivity contribution >= 4 is 0 Å². The number of aromatic nitrogens is 1. The van der Waals surface area contributed by atoms with Crippen LogP contribution in [0.2, 0.25) is 0 Å². The molecule has 0 spiro atoms. The molecule has 1 heterocycles. The Morgan fingerprint density at radius 3 is 1.93 bits per heavy atom. The minimum atomic E-state index is 0.959. The first-order valence-corrected chi connectivity index (χ1v) is 4.97. The molecule has 0 unspecified atom stereocenters. The first-order valence-electron chi connectivity index (χ1n) is 4.97. The summed E-state index contributed by atoms with van der Waals surface area (Å²) in [4.78, 5) is 3.78. The van der Waals surface area contributed by atoms with Crippen molar-refractivity contribution in [2.24, 2.45) is 0 Å². The SMILES string of the molecule is CNCc1ccccc1.c1ccncc1. The smallest absolute Gasteiger partial charge is 0.0267 e. The number of rotatable bonds is 2. The van der Waals surface area contributed by atoms with Gasteiger partial charge in [0.2, 0.25) is 0 Å². The minimum Gasteiger partial charge on any atom is -0.316 e. The molecule has 0 aliphatic rings. The van der Waals surface area contributed by atoms with Crippen LogP contribution in [0.1, 0.15) is 5.56 Å². The Labute approximate surface area is 91.0 Å². The molecular weight excluding hydrogens is 184 g/mol. The molecule has 0 atom stereocenters. The maximum Gasteiger partial charge on any atom is 0.0267 e. The molecule has 15 heavy (non-hydrogen) atoms. The second-order valence-electron chi connectivity index (χ2n) is 3.04.